The highest BCUT2D eigenvalue weighted by molar-refractivity contribution is 7.46. The second-order valence-electron chi connectivity index (χ2n) is 4.61. The Labute approximate surface area is 132 Å². The highest BCUT2D eigenvalue weighted by Gasteiger charge is 2.57. The van der Waals surface area contributed by atoms with Crippen molar-refractivity contribution in [3.63, 3.8) is 0 Å². The molecule has 1 aliphatic carbocycles. The van der Waals surface area contributed by atoms with Gasteiger partial charge in [0.15, 0.2) is 6.17 Å². The Morgan fingerprint density at radius 2 is 0.917 bits per heavy atom. The van der Waals surface area contributed by atoms with Gasteiger partial charge in [-0.25, -0.2) is 18.1 Å². The van der Waals surface area contributed by atoms with Crippen molar-refractivity contribution in [1.29, 1.82) is 0 Å². The minimum Gasteiger partial charge on any atom is -0.387 e. The number of halogens is 1. The van der Waals surface area contributed by atoms with Gasteiger partial charge in [0.25, 0.3) is 0 Å². The summed E-state index contributed by atoms with van der Waals surface area (Å²) in [6.07, 6.45) is -15.6. The minimum absolute atomic E-state index is 2.49. The van der Waals surface area contributed by atoms with Crippen molar-refractivity contribution in [3.8, 4) is 0 Å². The lowest BCUT2D eigenvalue weighted by molar-refractivity contribution is -0.196. The fraction of sp³-hybridized carbons (Fsp3) is 1.00. The average molecular weight is 422 g/mol. The van der Waals surface area contributed by atoms with Crippen molar-refractivity contribution < 1.29 is 71.2 Å². The summed E-state index contributed by atoms with van der Waals surface area (Å²) < 4.78 is 58.5. The molecule has 0 heterocycles. The Morgan fingerprint density at radius 1 is 0.625 bits per heavy atom. The lowest BCUT2D eigenvalue weighted by Gasteiger charge is -2.43. The summed E-state index contributed by atoms with van der Waals surface area (Å²) in [7, 11) is -16.4. The second-order valence-corrected chi connectivity index (χ2v) is 8.18. The molecule has 18 heteroatoms. The van der Waals surface area contributed by atoms with Crippen LogP contribution in [0.25, 0.3) is 0 Å². The summed E-state index contributed by atoms with van der Waals surface area (Å²) in [6.45, 7) is 0. The van der Waals surface area contributed by atoms with Crippen LogP contribution in [0.3, 0.4) is 0 Å². The van der Waals surface area contributed by atoms with Crippen molar-refractivity contribution in [1.82, 2.24) is 0 Å². The number of hydrogen-bond donors (Lipinski definition) is 8. The van der Waals surface area contributed by atoms with Crippen molar-refractivity contribution in [2.75, 3.05) is 0 Å². The van der Waals surface area contributed by atoms with Gasteiger partial charge < -0.3 is 39.6 Å². The highest BCUT2D eigenvalue weighted by atomic mass is 31.2. The van der Waals surface area contributed by atoms with Gasteiger partial charge in [-0.2, -0.15) is 0 Å². The van der Waals surface area contributed by atoms with E-state index in [0.29, 0.717) is 0 Å². The van der Waals surface area contributed by atoms with E-state index in [1.807, 2.05) is 0 Å². The first-order chi connectivity index (χ1) is 10.5. The number of alkyl halides is 1. The molecule has 1 saturated carbocycles. The van der Waals surface area contributed by atoms with Crippen LogP contribution < -0.4 is 0 Å². The van der Waals surface area contributed by atoms with Crippen LogP contribution in [0.4, 0.5) is 4.39 Å². The predicted octanol–water partition coefficient (Wildman–Crippen LogP) is -2.51. The third-order valence-corrected chi connectivity index (χ3v) is 4.31. The first-order valence-corrected chi connectivity index (χ1v) is 10.3. The largest absolute Gasteiger partial charge is 0.470 e. The Kier molecular flexibility index (Phi) is 6.88. The number of rotatable bonds is 6. The summed E-state index contributed by atoms with van der Waals surface area (Å²) in [5.41, 5.74) is 0. The van der Waals surface area contributed by atoms with Gasteiger partial charge in [0.2, 0.25) is 0 Å². The van der Waals surface area contributed by atoms with E-state index in [-0.39, 0.29) is 0 Å². The fourth-order valence-corrected chi connectivity index (χ4v) is 3.65. The summed E-state index contributed by atoms with van der Waals surface area (Å²) >= 11 is 0. The van der Waals surface area contributed by atoms with Crippen LogP contribution in [-0.4, -0.2) is 76.3 Å². The molecule has 0 aromatic heterocycles. The lowest BCUT2D eigenvalue weighted by atomic mass is 9.86. The number of hydrogen-bond acceptors (Lipinski definition) is 8. The number of aliphatic hydroxyl groups excluding tert-OH is 2. The van der Waals surface area contributed by atoms with Gasteiger partial charge >= 0.3 is 23.5 Å². The molecule has 0 unspecified atom stereocenters. The Bertz CT molecular complexity index is 579. The standard InChI is InChI=1S/C6H14FO14P3/c7-1-4(19-22(10,11)12)2(8)3(9)6(21-24(16,17)18)5(1)20-23(13,14)15/h1-6,8-9H,(H2,10,11,12)(H2,13,14,15)(H2,16,17,18)/t1-,2+,3-,4-,5+,6+/m0/s1. The maximum absolute atomic E-state index is 14.3. The van der Waals surface area contributed by atoms with Crippen LogP contribution in [0.1, 0.15) is 0 Å². The number of phosphoric ester groups is 3. The van der Waals surface area contributed by atoms with Gasteiger partial charge in [-0.3, -0.25) is 13.6 Å². The third-order valence-electron chi connectivity index (χ3n) is 2.75. The zero-order chi connectivity index (χ0) is 19.1. The van der Waals surface area contributed by atoms with Gasteiger partial charge in [-0.05, 0) is 0 Å². The van der Waals surface area contributed by atoms with E-state index >= 15 is 0 Å². The zero-order valence-corrected chi connectivity index (χ0v) is 13.9. The van der Waals surface area contributed by atoms with Gasteiger partial charge in [0, 0.05) is 0 Å². The fourth-order valence-electron chi connectivity index (χ4n) is 1.98. The molecule has 0 aliphatic heterocycles. The maximum atomic E-state index is 14.3. The Hall–Kier alpha value is 0.180. The normalized spacial score (nSPS) is 35.9. The van der Waals surface area contributed by atoms with Gasteiger partial charge in [0.05, 0.1) is 0 Å². The molecule has 1 aliphatic rings. The molecule has 0 aromatic carbocycles. The number of aliphatic hydroxyl groups is 2. The van der Waals surface area contributed by atoms with Crippen LogP contribution >= 0.6 is 23.5 Å². The molecule has 0 amide bonds. The minimum atomic E-state index is -5.51. The molecule has 1 fully saturated rings. The Morgan fingerprint density at radius 3 is 1.29 bits per heavy atom. The van der Waals surface area contributed by atoms with E-state index in [4.69, 9.17) is 29.4 Å². The quantitative estimate of drug-likeness (QED) is 0.206. The molecular weight excluding hydrogens is 408 g/mol. The zero-order valence-electron chi connectivity index (χ0n) is 11.2. The molecule has 1 rings (SSSR count). The SMILES string of the molecule is O=P(O)(O)O[C@@H]1[C@H](O)[C@H](O)[C@@H](OP(=O)(O)O)[C@H](OP(=O)(O)O)[C@H]1F. The molecule has 0 bridgehead atoms. The summed E-state index contributed by atoms with van der Waals surface area (Å²) in [6, 6.07) is 0. The molecule has 24 heavy (non-hydrogen) atoms. The smallest absolute Gasteiger partial charge is 0.387 e. The van der Waals surface area contributed by atoms with E-state index in [2.05, 4.69) is 13.6 Å². The molecule has 0 aromatic rings. The van der Waals surface area contributed by atoms with Gasteiger partial charge in [-0.1, -0.05) is 0 Å². The monoisotopic (exact) mass is 422 g/mol. The average Bonchev–Trinajstić information content (AvgIpc) is 2.32. The van der Waals surface area contributed by atoms with E-state index in [1.54, 1.807) is 0 Å². The number of phosphoric acid groups is 3. The lowest BCUT2D eigenvalue weighted by Crippen LogP contribution is -2.63. The Balaban J connectivity index is 3.23. The van der Waals surface area contributed by atoms with Gasteiger partial charge in [-0.15, -0.1) is 0 Å². The van der Waals surface area contributed by atoms with Crippen LogP contribution in [0.5, 0.6) is 0 Å². The topological polar surface area (TPSA) is 241 Å². The molecular formula is C6H14FO14P3. The van der Waals surface area contributed by atoms with Gasteiger partial charge in [0.1, 0.15) is 30.5 Å². The molecule has 6 atom stereocenters. The van der Waals surface area contributed by atoms with E-state index in [1.165, 1.54) is 0 Å². The van der Waals surface area contributed by atoms with Crippen LogP contribution in [-0.2, 0) is 27.3 Å². The van der Waals surface area contributed by atoms with Crippen molar-refractivity contribution in [2.45, 2.75) is 36.7 Å². The molecule has 8 N–H and O–H groups in total. The summed E-state index contributed by atoms with van der Waals surface area (Å²) in [4.78, 5) is 52.1. The third kappa shape index (κ3) is 6.48. The summed E-state index contributed by atoms with van der Waals surface area (Å²) in [5.74, 6) is 0. The predicted molar refractivity (Wildman–Crippen MR) is 67.7 cm³/mol. The first-order valence-electron chi connectivity index (χ1n) is 5.74. The van der Waals surface area contributed by atoms with Crippen LogP contribution in [0, 0.1) is 0 Å². The molecule has 0 radical (unpaired) electrons. The van der Waals surface area contributed by atoms with E-state index in [9.17, 15) is 28.3 Å². The molecule has 0 spiro atoms. The molecule has 14 nitrogen and oxygen atoms in total. The van der Waals surface area contributed by atoms with Crippen molar-refractivity contribution in [2.24, 2.45) is 0 Å². The first kappa shape index (κ1) is 22.2. The van der Waals surface area contributed by atoms with Crippen molar-refractivity contribution >= 4 is 23.5 Å². The van der Waals surface area contributed by atoms with Crippen LogP contribution in [0.15, 0.2) is 0 Å². The second kappa shape index (κ2) is 7.43. The van der Waals surface area contributed by atoms with E-state index in [0.717, 1.165) is 0 Å². The molecule has 144 valence electrons. The molecule has 0 saturated heterocycles. The maximum Gasteiger partial charge on any atom is 0.470 e. The summed E-state index contributed by atoms with van der Waals surface area (Å²) in [5, 5.41) is 19.3. The van der Waals surface area contributed by atoms with Crippen molar-refractivity contribution in [3.05, 3.63) is 0 Å². The van der Waals surface area contributed by atoms with Crippen LogP contribution in [0.2, 0.25) is 0 Å². The van der Waals surface area contributed by atoms with E-state index < -0.39 is 60.2 Å². The highest BCUT2D eigenvalue weighted by Crippen LogP contribution is 2.49.